The van der Waals surface area contributed by atoms with Crippen molar-refractivity contribution in [3.05, 3.63) is 58.9 Å². The van der Waals surface area contributed by atoms with Crippen LogP contribution in [0.1, 0.15) is 33.3 Å². The molecule has 0 aliphatic rings. The number of aromatic amines is 1. The van der Waals surface area contributed by atoms with Gasteiger partial charge in [0.25, 0.3) is 0 Å². The van der Waals surface area contributed by atoms with Gasteiger partial charge in [0.1, 0.15) is 24.7 Å². The molecule has 0 aliphatic carbocycles. The minimum Gasteiger partial charge on any atom is -0.494 e. The van der Waals surface area contributed by atoms with E-state index < -0.39 is 0 Å². The van der Waals surface area contributed by atoms with Gasteiger partial charge < -0.3 is 14.8 Å². The number of nitrogens with zero attached hydrogens (tertiary/aromatic N) is 2. The second kappa shape index (κ2) is 10.5. The van der Waals surface area contributed by atoms with E-state index in [2.05, 4.69) is 48.4 Å². The summed E-state index contributed by atoms with van der Waals surface area (Å²) in [4.78, 5) is 12.5. The molecule has 3 rings (SSSR count). The summed E-state index contributed by atoms with van der Waals surface area (Å²) in [6, 6.07) is 15.6. The van der Waals surface area contributed by atoms with Crippen LogP contribution in [0, 0.1) is 4.77 Å². The Kier molecular flexibility index (Phi) is 7.69. The molecule has 1 heterocycles. The lowest BCUT2D eigenvalue weighted by molar-refractivity contribution is -0.121. The summed E-state index contributed by atoms with van der Waals surface area (Å²) >= 11 is 5.31. The number of benzene rings is 2. The summed E-state index contributed by atoms with van der Waals surface area (Å²) in [6.45, 7) is 9.89. The summed E-state index contributed by atoms with van der Waals surface area (Å²) in [5.74, 6) is 1.99. The van der Waals surface area contributed by atoms with Crippen molar-refractivity contribution in [1.29, 1.82) is 0 Å². The third-order valence-electron chi connectivity index (χ3n) is 4.90. The Morgan fingerprint density at radius 3 is 2.31 bits per heavy atom. The van der Waals surface area contributed by atoms with Crippen LogP contribution in [0.5, 0.6) is 11.5 Å². The van der Waals surface area contributed by atoms with Gasteiger partial charge in [0.05, 0.1) is 13.2 Å². The number of hydrogen-bond donors (Lipinski definition) is 2. The molecule has 0 saturated heterocycles. The van der Waals surface area contributed by atoms with Crippen LogP contribution >= 0.6 is 12.2 Å². The lowest BCUT2D eigenvalue weighted by Crippen LogP contribution is -2.31. The number of amides is 1. The Hall–Kier alpha value is -3.13. The maximum absolute atomic E-state index is 12.5. The molecule has 2 N–H and O–H groups in total. The fourth-order valence-corrected chi connectivity index (χ4v) is 3.36. The molecule has 0 spiro atoms. The van der Waals surface area contributed by atoms with Gasteiger partial charge in [-0.25, -0.2) is 0 Å². The molecule has 0 radical (unpaired) electrons. The highest BCUT2D eigenvalue weighted by Gasteiger charge is 2.14. The van der Waals surface area contributed by atoms with Crippen LogP contribution in [0.25, 0.3) is 11.4 Å². The number of aromatic nitrogens is 3. The predicted molar refractivity (Wildman–Crippen MR) is 128 cm³/mol. The zero-order valence-corrected chi connectivity index (χ0v) is 19.8. The molecule has 32 heavy (non-hydrogen) atoms. The maximum Gasteiger partial charge on any atom is 0.240 e. The first-order valence-electron chi connectivity index (χ1n) is 10.7. The highest BCUT2D eigenvalue weighted by molar-refractivity contribution is 7.71. The van der Waals surface area contributed by atoms with E-state index in [0.717, 1.165) is 17.1 Å². The first-order chi connectivity index (χ1) is 15.3. The molecule has 0 saturated carbocycles. The monoisotopic (exact) mass is 454 g/mol. The van der Waals surface area contributed by atoms with Crippen molar-refractivity contribution in [2.75, 3.05) is 19.8 Å². The minimum atomic E-state index is -0.165. The Morgan fingerprint density at radius 2 is 1.69 bits per heavy atom. The van der Waals surface area contributed by atoms with Crippen molar-refractivity contribution in [3.8, 4) is 22.9 Å². The fourth-order valence-electron chi connectivity index (χ4n) is 3.16. The standard InChI is InChI=1S/C24H30N4O3S/c1-5-30-19-10-6-17(7-11-19)22-26-27-23(32)28(22)16-21(29)25-14-15-31-20-12-8-18(9-13-20)24(2,3)4/h6-13H,5,14-16H2,1-4H3,(H,25,29)(H,27,32). The molecule has 0 fully saturated rings. The molecule has 2 aromatic carbocycles. The molecule has 0 aliphatic heterocycles. The lowest BCUT2D eigenvalue weighted by atomic mass is 9.87. The predicted octanol–water partition coefficient (Wildman–Crippen LogP) is 4.50. The SMILES string of the molecule is CCOc1ccc(-c2n[nH]c(=S)n2CC(=O)NCCOc2ccc(C(C)(C)C)cc2)cc1. The van der Waals surface area contributed by atoms with Crippen molar-refractivity contribution >= 4 is 18.1 Å². The maximum atomic E-state index is 12.5. The molecule has 3 aromatic rings. The van der Waals surface area contributed by atoms with Crippen molar-refractivity contribution in [1.82, 2.24) is 20.1 Å². The minimum absolute atomic E-state index is 0.0676. The zero-order chi connectivity index (χ0) is 23.1. The third kappa shape index (κ3) is 6.20. The Bertz CT molecular complexity index is 1080. The van der Waals surface area contributed by atoms with E-state index in [9.17, 15) is 4.79 Å². The van der Waals surface area contributed by atoms with Crippen molar-refractivity contribution in [2.24, 2.45) is 0 Å². The van der Waals surface area contributed by atoms with Crippen molar-refractivity contribution in [3.63, 3.8) is 0 Å². The topological polar surface area (TPSA) is 81.2 Å². The van der Waals surface area contributed by atoms with Crippen molar-refractivity contribution in [2.45, 2.75) is 39.7 Å². The highest BCUT2D eigenvalue weighted by atomic mass is 32.1. The van der Waals surface area contributed by atoms with Gasteiger partial charge in [-0.3, -0.25) is 14.5 Å². The molecule has 0 atom stereocenters. The van der Waals surface area contributed by atoms with Gasteiger partial charge in [0.15, 0.2) is 10.6 Å². The van der Waals surface area contributed by atoms with E-state index in [-0.39, 0.29) is 17.9 Å². The van der Waals surface area contributed by atoms with E-state index >= 15 is 0 Å². The molecule has 7 nitrogen and oxygen atoms in total. The second-order valence-electron chi connectivity index (χ2n) is 8.37. The third-order valence-corrected chi connectivity index (χ3v) is 5.21. The summed E-state index contributed by atoms with van der Waals surface area (Å²) in [7, 11) is 0. The molecule has 0 bridgehead atoms. The molecular formula is C24H30N4O3S. The molecule has 1 aromatic heterocycles. The van der Waals surface area contributed by atoms with Gasteiger partial charge in [0.2, 0.25) is 5.91 Å². The lowest BCUT2D eigenvalue weighted by Gasteiger charge is -2.19. The summed E-state index contributed by atoms with van der Waals surface area (Å²) in [5, 5.41) is 9.91. The van der Waals surface area contributed by atoms with E-state index in [1.807, 2.05) is 43.3 Å². The van der Waals surface area contributed by atoms with Gasteiger partial charge >= 0.3 is 0 Å². The summed E-state index contributed by atoms with van der Waals surface area (Å²) < 4.78 is 13.3. The average Bonchev–Trinajstić information content (AvgIpc) is 3.12. The number of carbonyl (C=O) groups is 1. The van der Waals surface area contributed by atoms with Crippen LogP contribution in [0.15, 0.2) is 48.5 Å². The number of carbonyl (C=O) groups excluding carboxylic acids is 1. The first kappa shape index (κ1) is 23.5. The zero-order valence-electron chi connectivity index (χ0n) is 19.0. The van der Waals surface area contributed by atoms with Crippen LogP contribution in [0.3, 0.4) is 0 Å². The fraction of sp³-hybridized carbons (Fsp3) is 0.375. The number of nitrogens with one attached hydrogen (secondary N) is 2. The van der Waals surface area contributed by atoms with Crippen LogP contribution in [0.2, 0.25) is 0 Å². The van der Waals surface area contributed by atoms with Crippen LogP contribution < -0.4 is 14.8 Å². The smallest absolute Gasteiger partial charge is 0.240 e. The Labute approximate surface area is 193 Å². The molecule has 170 valence electrons. The van der Waals surface area contributed by atoms with Gasteiger partial charge in [0, 0.05) is 5.56 Å². The number of rotatable bonds is 9. The highest BCUT2D eigenvalue weighted by Crippen LogP contribution is 2.24. The van der Waals surface area contributed by atoms with Crippen LogP contribution in [-0.2, 0) is 16.8 Å². The largest absolute Gasteiger partial charge is 0.494 e. The molecular weight excluding hydrogens is 424 g/mol. The number of hydrogen-bond acceptors (Lipinski definition) is 5. The molecule has 8 heteroatoms. The molecule has 1 amide bonds. The normalized spacial score (nSPS) is 11.2. The Balaban J connectivity index is 1.52. The van der Waals surface area contributed by atoms with Gasteiger partial charge in [-0.1, -0.05) is 32.9 Å². The van der Waals surface area contributed by atoms with Gasteiger partial charge in [-0.2, -0.15) is 5.10 Å². The van der Waals surface area contributed by atoms with Crippen LogP contribution in [-0.4, -0.2) is 40.4 Å². The number of ether oxygens (including phenoxy) is 2. The van der Waals surface area contributed by atoms with Crippen molar-refractivity contribution < 1.29 is 14.3 Å². The first-order valence-corrected chi connectivity index (χ1v) is 11.1. The van der Waals surface area contributed by atoms with E-state index in [1.165, 1.54) is 5.56 Å². The average molecular weight is 455 g/mol. The number of H-pyrrole nitrogens is 1. The summed E-state index contributed by atoms with van der Waals surface area (Å²) in [5.41, 5.74) is 2.19. The van der Waals surface area contributed by atoms with Crippen LogP contribution in [0.4, 0.5) is 0 Å². The molecule has 0 unspecified atom stereocenters. The Morgan fingerprint density at radius 1 is 1.06 bits per heavy atom. The van der Waals surface area contributed by atoms with Gasteiger partial charge in [-0.05, 0) is 66.5 Å². The van der Waals surface area contributed by atoms with Gasteiger partial charge in [-0.15, -0.1) is 0 Å². The van der Waals surface area contributed by atoms with E-state index in [0.29, 0.717) is 30.4 Å². The van der Waals surface area contributed by atoms with E-state index in [4.69, 9.17) is 21.7 Å². The summed E-state index contributed by atoms with van der Waals surface area (Å²) in [6.07, 6.45) is 0. The van der Waals surface area contributed by atoms with E-state index in [1.54, 1.807) is 4.57 Å². The second-order valence-corrected chi connectivity index (χ2v) is 8.76. The quantitative estimate of drug-likeness (QED) is 0.368.